The number of amides is 2. The zero-order valence-corrected chi connectivity index (χ0v) is 21.1. The molecule has 0 unspecified atom stereocenters. The van der Waals surface area contributed by atoms with Crippen LogP contribution in [0.4, 0.5) is 11.4 Å². The number of ether oxygens (including phenoxy) is 2. The first-order chi connectivity index (χ1) is 17.2. The van der Waals surface area contributed by atoms with Crippen LogP contribution in [0.3, 0.4) is 0 Å². The SMILES string of the molecule is Cc1cc(C)cc(NC(=O)COC(=O)CCCC(=O)Nc2ccc(Oc3ccc(C)c(C)c3)cc2)c1. The minimum Gasteiger partial charge on any atom is -0.457 e. The molecule has 0 aliphatic heterocycles. The van der Waals surface area contributed by atoms with Crippen LogP contribution in [0.1, 0.15) is 41.5 Å². The molecule has 0 heterocycles. The van der Waals surface area contributed by atoms with Crippen LogP contribution in [0.5, 0.6) is 11.5 Å². The maximum absolute atomic E-state index is 12.2. The molecule has 0 aromatic heterocycles. The van der Waals surface area contributed by atoms with E-state index < -0.39 is 11.9 Å². The highest BCUT2D eigenvalue weighted by molar-refractivity contribution is 5.93. The van der Waals surface area contributed by atoms with E-state index in [1.807, 2.05) is 64.1 Å². The largest absolute Gasteiger partial charge is 0.457 e. The Morgan fingerprint density at radius 1 is 0.667 bits per heavy atom. The fourth-order valence-electron chi connectivity index (χ4n) is 3.60. The lowest BCUT2D eigenvalue weighted by molar-refractivity contribution is -0.147. The molecule has 0 fully saturated rings. The number of benzene rings is 3. The van der Waals surface area contributed by atoms with Gasteiger partial charge in [0.15, 0.2) is 6.61 Å². The Balaban J connectivity index is 1.34. The molecule has 3 rings (SSSR count). The monoisotopic (exact) mass is 488 g/mol. The topological polar surface area (TPSA) is 93.7 Å². The van der Waals surface area contributed by atoms with Crippen LogP contribution in [0, 0.1) is 27.7 Å². The quantitative estimate of drug-likeness (QED) is 0.341. The molecule has 188 valence electrons. The summed E-state index contributed by atoms with van der Waals surface area (Å²) < 4.78 is 10.9. The third-order valence-electron chi connectivity index (χ3n) is 5.51. The smallest absolute Gasteiger partial charge is 0.306 e. The molecule has 0 saturated carbocycles. The maximum atomic E-state index is 12.2. The Bertz CT molecular complexity index is 1210. The van der Waals surface area contributed by atoms with E-state index in [0.717, 1.165) is 22.4 Å². The van der Waals surface area contributed by atoms with E-state index in [4.69, 9.17) is 9.47 Å². The lowest BCUT2D eigenvalue weighted by atomic mass is 10.1. The fraction of sp³-hybridized carbons (Fsp3) is 0.276. The number of carbonyl (C=O) groups is 3. The summed E-state index contributed by atoms with van der Waals surface area (Å²) >= 11 is 0. The Labute approximate surface area is 211 Å². The molecule has 0 spiro atoms. The van der Waals surface area contributed by atoms with Crippen molar-refractivity contribution in [3.63, 3.8) is 0 Å². The van der Waals surface area contributed by atoms with Gasteiger partial charge in [-0.15, -0.1) is 0 Å². The first kappa shape index (κ1) is 26.5. The lowest BCUT2D eigenvalue weighted by Gasteiger charge is -2.10. The van der Waals surface area contributed by atoms with Gasteiger partial charge in [0.2, 0.25) is 5.91 Å². The summed E-state index contributed by atoms with van der Waals surface area (Å²) in [7, 11) is 0. The number of hydrogen-bond donors (Lipinski definition) is 2. The standard InChI is InChI=1S/C29H32N2O5/c1-19-14-20(2)16-24(15-19)31-28(33)18-35-29(34)7-5-6-27(32)30-23-9-12-25(13-10-23)36-26-11-8-21(3)22(4)17-26/h8-17H,5-7,18H2,1-4H3,(H,30,32)(H,31,33). The van der Waals surface area contributed by atoms with Crippen molar-refractivity contribution in [3.8, 4) is 11.5 Å². The minimum absolute atomic E-state index is 0.0486. The summed E-state index contributed by atoms with van der Waals surface area (Å²) in [5.41, 5.74) is 5.71. The highest BCUT2D eigenvalue weighted by Gasteiger charge is 2.10. The summed E-state index contributed by atoms with van der Waals surface area (Å²) in [6.45, 7) is 7.59. The van der Waals surface area contributed by atoms with Gasteiger partial charge in [0.1, 0.15) is 11.5 Å². The van der Waals surface area contributed by atoms with E-state index in [1.165, 1.54) is 5.56 Å². The molecule has 0 aliphatic carbocycles. The molecular weight excluding hydrogens is 456 g/mol. The number of nitrogens with one attached hydrogen (secondary N) is 2. The van der Waals surface area contributed by atoms with Gasteiger partial charge in [-0.2, -0.15) is 0 Å². The molecule has 36 heavy (non-hydrogen) atoms. The van der Waals surface area contributed by atoms with Crippen LogP contribution < -0.4 is 15.4 Å². The van der Waals surface area contributed by atoms with Crippen molar-refractivity contribution in [3.05, 3.63) is 82.9 Å². The highest BCUT2D eigenvalue weighted by atomic mass is 16.5. The maximum Gasteiger partial charge on any atom is 0.306 e. The molecule has 0 radical (unpaired) electrons. The average Bonchev–Trinajstić information content (AvgIpc) is 2.81. The summed E-state index contributed by atoms with van der Waals surface area (Å²) in [5.74, 6) is 0.283. The second-order valence-corrected chi connectivity index (χ2v) is 8.86. The van der Waals surface area contributed by atoms with Gasteiger partial charge in [0.25, 0.3) is 5.91 Å². The van der Waals surface area contributed by atoms with Crippen molar-refractivity contribution in [2.75, 3.05) is 17.2 Å². The van der Waals surface area contributed by atoms with Crippen LogP contribution in [0.15, 0.2) is 60.7 Å². The number of hydrogen-bond acceptors (Lipinski definition) is 5. The van der Waals surface area contributed by atoms with Crippen LogP contribution in [0.25, 0.3) is 0 Å². The molecule has 3 aromatic rings. The Morgan fingerprint density at radius 2 is 1.31 bits per heavy atom. The van der Waals surface area contributed by atoms with Crippen LogP contribution in [0.2, 0.25) is 0 Å². The highest BCUT2D eigenvalue weighted by Crippen LogP contribution is 2.25. The van der Waals surface area contributed by atoms with Crippen molar-refractivity contribution >= 4 is 29.2 Å². The van der Waals surface area contributed by atoms with Gasteiger partial charge in [-0.25, -0.2) is 0 Å². The molecule has 7 nitrogen and oxygen atoms in total. The van der Waals surface area contributed by atoms with Gasteiger partial charge < -0.3 is 20.1 Å². The van der Waals surface area contributed by atoms with Gasteiger partial charge in [-0.3, -0.25) is 14.4 Å². The first-order valence-electron chi connectivity index (χ1n) is 11.9. The molecule has 3 aromatic carbocycles. The third-order valence-corrected chi connectivity index (χ3v) is 5.51. The number of carbonyl (C=O) groups excluding carboxylic acids is 3. The van der Waals surface area contributed by atoms with Crippen LogP contribution in [-0.2, 0) is 19.1 Å². The molecule has 2 N–H and O–H groups in total. The number of rotatable bonds is 10. The van der Waals surface area contributed by atoms with Gasteiger partial charge in [0.05, 0.1) is 0 Å². The van der Waals surface area contributed by atoms with E-state index in [9.17, 15) is 14.4 Å². The van der Waals surface area contributed by atoms with Crippen molar-refractivity contribution in [2.45, 2.75) is 47.0 Å². The summed E-state index contributed by atoms with van der Waals surface area (Å²) in [5, 5.41) is 5.51. The second-order valence-electron chi connectivity index (χ2n) is 8.86. The summed E-state index contributed by atoms with van der Waals surface area (Å²) in [4.78, 5) is 36.2. The molecule has 0 atom stereocenters. The van der Waals surface area contributed by atoms with E-state index in [1.54, 1.807) is 24.3 Å². The number of anilines is 2. The van der Waals surface area contributed by atoms with Crippen molar-refractivity contribution in [1.82, 2.24) is 0 Å². The molecule has 0 aliphatic rings. The molecule has 0 saturated heterocycles. The Hall–Kier alpha value is -4.13. The zero-order chi connectivity index (χ0) is 26.1. The number of esters is 1. The van der Waals surface area contributed by atoms with Crippen LogP contribution in [-0.4, -0.2) is 24.4 Å². The second kappa shape index (κ2) is 12.5. The van der Waals surface area contributed by atoms with E-state index >= 15 is 0 Å². The van der Waals surface area contributed by atoms with Gasteiger partial charge in [0, 0.05) is 24.2 Å². The predicted molar refractivity (Wildman–Crippen MR) is 140 cm³/mol. The van der Waals surface area contributed by atoms with Gasteiger partial charge in [-0.05, 0) is 105 Å². The number of aryl methyl sites for hydroxylation is 4. The van der Waals surface area contributed by atoms with E-state index in [-0.39, 0.29) is 25.4 Å². The third kappa shape index (κ3) is 8.58. The Morgan fingerprint density at radius 3 is 1.97 bits per heavy atom. The van der Waals surface area contributed by atoms with Crippen molar-refractivity contribution in [1.29, 1.82) is 0 Å². The first-order valence-corrected chi connectivity index (χ1v) is 11.9. The average molecular weight is 489 g/mol. The zero-order valence-electron chi connectivity index (χ0n) is 21.1. The minimum atomic E-state index is -0.522. The summed E-state index contributed by atoms with van der Waals surface area (Å²) in [6, 6.07) is 18.7. The van der Waals surface area contributed by atoms with Gasteiger partial charge in [-0.1, -0.05) is 12.1 Å². The molecule has 0 bridgehead atoms. The molecular formula is C29H32N2O5. The van der Waals surface area contributed by atoms with Gasteiger partial charge >= 0.3 is 5.97 Å². The summed E-state index contributed by atoms with van der Waals surface area (Å²) in [6.07, 6.45) is 0.523. The predicted octanol–water partition coefficient (Wildman–Crippen LogP) is 6.00. The van der Waals surface area contributed by atoms with Crippen molar-refractivity contribution in [2.24, 2.45) is 0 Å². The normalized spacial score (nSPS) is 10.4. The van der Waals surface area contributed by atoms with Crippen molar-refractivity contribution < 1.29 is 23.9 Å². The molecule has 7 heteroatoms. The van der Waals surface area contributed by atoms with E-state index in [2.05, 4.69) is 10.6 Å². The lowest BCUT2D eigenvalue weighted by Crippen LogP contribution is -2.21. The van der Waals surface area contributed by atoms with Crippen LogP contribution >= 0.6 is 0 Å². The Kier molecular flexibility index (Phi) is 9.22. The van der Waals surface area contributed by atoms with E-state index in [0.29, 0.717) is 23.5 Å². The molecule has 2 amide bonds. The fourth-order valence-corrected chi connectivity index (χ4v) is 3.60.